The van der Waals surface area contributed by atoms with Gasteiger partial charge in [0.1, 0.15) is 0 Å². The molecular weight excluding hydrogens is 158 g/mol. The number of rotatable bonds is 3. The van der Waals surface area contributed by atoms with Gasteiger partial charge in [-0.3, -0.25) is 0 Å². The Morgan fingerprint density at radius 3 is 2.38 bits per heavy atom. The normalized spacial score (nSPS) is 18.6. The summed E-state index contributed by atoms with van der Waals surface area (Å²) < 4.78 is 0. The maximum atomic E-state index is 3.57. The van der Waals surface area contributed by atoms with Gasteiger partial charge >= 0.3 is 0 Å². The third-order valence-corrected chi connectivity index (χ3v) is 2.87. The Morgan fingerprint density at radius 1 is 1.31 bits per heavy atom. The van der Waals surface area contributed by atoms with Crippen LogP contribution < -0.4 is 5.32 Å². The van der Waals surface area contributed by atoms with Crippen molar-refractivity contribution in [2.24, 2.45) is 0 Å². The average molecular weight is 177 g/mol. The molecule has 0 saturated heterocycles. The first-order valence-electron chi connectivity index (χ1n) is 5.09. The Labute approximate surface area is 81.6 Å². The molecule has 1 aromatic rings. The van der Waals surface area contributed by atoms with E-state index in [4.69, 9.17) is 0 Å². The van der Waals surface area contributed by atoms with Crippen molar-refractivity contribution in [3.8, 4) is 0 Å². The van der Waals surface area contributed by atoms with Gasteiger partial charge in [-0.1, -0.05) is 36.8 Å². The second-order valence-electron chi connectivity index (χ2n) is 3.98. The van der Waals surface area contributed by atoms with E-state index >= 15 is 0 Å². The zero-order valence-electron chi connectivity index (χ0n) is 8.43. The Hall–Kier alpha value is -0.820. The van der Waals surface area contributed by atoms with Crippen molar-refractivity contribution in [1.82, 2.24) is 5.32 Å². The molecule has 72 valence electrons. The summed E-state index contributed by atoms with van der Waals surface area (Å²) in [7, 11) is 0. The molecule has 0 unspecified atom stereocenters. The van der Waals surface area contributed by atoms with Crippen molar-refractivity contribution in [2.75, 3.05) is 6.54 Å². The summed E-state index contributed by atoms with van der Waals surface area (Å²) in [5, 5.41) is 3.57. The lowest BCUT2D eigenvalue weighted by molar-refractivity contribution is 0.539. The SMILES string of the molecule is CCNC1(c2ccc(C)cc2)CC1.[HH]. The number of hydrogen-bond acceptors (Lipinski definition) is 1. The first-order chi connectivity index (χ1) is 6.27. The summed E-state index contributed by atoms with van der Waals surface area (Å²) in [5.74, 6) is 0. The van der Waals surface area contributed by atoms with Crippen LogP contribution >= 0.6 is 0 Å². The summed E-state index contributed by atoms with van der Waals surface area (Å²) in [5.41, 5.74) is 3.14. The van der Waals surface area contributed by atoms with Gasteiger partial charge in [-0.2, -0.15) is 0 Å². The van der Waals surface area contributed by atoms with E-state index in [-0.39, 0.29) is 1.43 Å². The van der Waals surface area contributed by atoms with Gasteiger partial charge in [0.05, 0.1) is 0 Å². The first kappa shape index (κ1) is 8.76. The molecule has 1 fully saturated rings. The van der Waals surface area contributed by atoms with Crippen LogP contribution in [0, 0.1) is 6.92 Å². The third kappa shape index (κ3) is 1.61. The van der Waals surface area contributed by atoms with Crippen molar-refractivity contribution < 1.29 is 1.43 Å². The molecule has 0 aromatic heterocycles. The zero-order valence-corrected chi connectivity index (χ0v) is 8.43. The van der Waals surface area contributed by atoms with Crippen LogP contribution in [0.2, 0.25) is 0 Å². The molecule has 1 saturated carbocycles. The zero-order chi connectivity index (χ0) is 9.31. The van der Waals surface area contributed by atoms with Crippen molar-refractivity contribution in [3.05, 3.63) is 35.4 Å². The van der Waals surface area contributed by atoms with Gasteiger partial charge in [-0.15, -0.1) is 0 Å². The summed E-state index contributed by atoms with van der Waals surface area (Å²) >= 11 is 0. The van der Waals surface area contributed by atoms with Crippen LogP contribution in [0.5, 0.6) is 0 Å². The van der Waals surface area contributed by atoms with Crippen LogP contribution in [0.25, 0.3) is 0 Å². The van der Waals surface area contributed by atoms with E-state index in [0.717, 1.165) is 6.54 Å². The molecule has 1 heteroatoms. The van der Waals surface area contributed by atoms with Crippen LogP contribution in [-0.4, -0.2) is 6.54 Å². The standard InChI is InChI=1S/C12H17N.H2/c1-3-13-12(8-9-12)11-6-4-10(2)5-7-11;/h4-7,13H,3,8-9H2,1-2H3;1H. The summed E-state index contributed by atoms with van der Waals surface area (Å²) in [6.45, 7) is 5.37. The predicted octanol–water partition coefficient (Wildman–Crippen LogP) is 2.84. The topological polar surface area (TPSA) is 12.0 Å². The summed E-state index contributed by atoms with van der Waals surface area (Å²) in [6.07, 6.45) is 2.59. The van der Waals surface area contributed by atoms with E-state index in [1.165, 1.54) is 24.0 Å². The maximum absolute atomic E-state index is 3.57. The van der Waals surface area contributed by atoms with E-state index in [9.17, 15) is 0 Å². The molecule has 0 spiro atoms. The minimum atomic E-state index is 0. The lowest BCUT2D eigenvalue weighted by Crippen LogP contribution is -2.28. The number of nitrogens with one attached hydrogen (secondary N) is 1. The largest absolute Gasteiger partial charge is 0.308 e. The molecule has 1 nitrogen and oxygen atoms in total. The van der Waals surface area contributed by atoms with E-state index < -0.39 is 0 Å². The quantitative estimate of drug-likeness (QED) is 0.748. The molecule has 0 aliphatic heterocycles. The maximum Gasteiger partial charge on any atom is 0.0436 e. The second-order valence-corrected chi connectivity index (χ2v) is 3.98. The minimum absolute atomic E-state index is 0. The Kier molecular flexibility index (Phi) is 2.12. The van der Waals surface area contributed by atoms with Crippen LogP contribution in [0.4, 0.5) is 0 Å². The highest BCUT2D eigenvalue weighted by Crippen LogP contribution is 2.45. The number of aryl methyl sites for hydroxylation is 1. The Bertz CT molecular complexity index is 288. The summed E-state index contributed by atoms with van der Waals surface area (Å²) in [4.78, 5) is 0. The smallest absolute Gasteiger partial charge is 0.0436 e. The molecule has 1 N–H and O–H groups in total. The first-order valence-corrected chi connectivity index (χ1v) is 5.09. The van der Waals surface area contributed by atoms with Gasteiger partial charge in [0, 0.05) is 6.97 Å². The molecule has 1 aromatic carbocycles. The van der Waals surface area contributed by atoms with Gasteiger partial charge in [0.25, 0.3) is 0 Å². The molecule has 1 aliphatic rings. The molecule has 0 heterocycles. The van der Waals surface area contributed by atoms with E-state index in [2.05, 4.69) is 43.4 Å². The Morgan fingerprint density at radius 2 is 1.92 bits per heavy atom. The van der Waals surface area contributed by atoms with Crippen molar-refractivity contribution in [1.29, 1.82) is 0 Å². The van der Waals surface area contributed by atoms with Gasteiger partial charge < -0.3 is 5.32 Å². The van der Waals surface area contributed by atoms with Gasteiger partial charge in [-0.25, -0.2) is 0 Å². The van der Waals surface area contributed by atoms with Crippen LogP contribution in [0.3, 0.4) is 0 Å². The highest BCUT2D eigenvalue weighted by molar-refractivity contribution is 5.32. The predicted molar refractivity (Wildman–Crippen MR) is 57.9 cm³/mol. The monoisotopic (exact) mass is 177 g/mol. The fourth-order valence-electron chi connectivity index (χ4n) is 1.90. The fraction of sp³-hybridized carbons (Fsp3) is 0.500. The fourth-order valence-corrected chi connectivity index (χ4v) is 1.90. The highest BCUT2D eigenvalue weighted by atomic mass is 15.0. The van der Waals surface area contributed by atoms with Crippen LogP contribution in [-0.2, 0) is 5.54 Å². The Balaban J connectivity index is 0.000000980. The molecule has 2 rings (SSSR count). The number of benzene rings is 1. The van der Waals surface area contributed by atoms with Crippen molar-refractivity contribution in [2.45, 2.75) is 32.2 Å². The van der Waals surface area contributed by atoms with Crippen LogP contribution in [0.15, 0.2) is 24.3 Å². The second kappa shape index (κ2) is 3.15. The molecule has 13 heavy (non-hydrogen) atoms. The molecule has 0 radical (unpaired) electrons. The van der Waals surface area contributed by atoms with E-state index in [1.807, 2.05) is 0 Å². The van der Waals surface area contributed by atoms with E-state index in [0.29, 0.717) is 5.54 Å². The molecule has 1 aliphatic carbocycles. The average Bonchev–Trinajstić information content (AvgIpc) is 2.87. The van der Waals surface area contributed by atoms with Gasteiger partial charge in [0.2, 0.25) is 0 Å². The molecule has 0 atom stereocenters. The minimum Gasteiger partial charge on any atom is -0.308 e. The van der Waals surface area contributed by atoms with Gasteiger partial charge in [-0.05, 0) is 31.9 Å². The van der Waals surface area contributed by atoms with Gasteiger partial charge in [0.15, 0.2) is 0 Å². The van der Waals surface area contributed by atoms with Crippen LogP contribution in [0.1, 0.15) is 32.3 Å². The van der Waals surface area contributed by atoms with E-state index in [1.54, 1.807) is 0 Å². The summed E-state index contributed by atoms with van der Waals surface area (Å²) in [6, 6.07) is 8.91. The highest BCUT2D eigenvalue weighted by Gasteiger charge is 2.42. The lowest BCUT2D eigenvalue weighted by Gasteiger charge is -2.16. The third-order valence-electron chi connectivity index (χ3n) is 2.87. The number of hydrogen-bond donors (Lipinski definition) is 1. The van der Waals surface area contributed by atoms with Crippen molar-refractivity contribution >= 4 is 0 Å². The molecular formula is C12H19N. The molecule has 0 bridgehead atoms. The lowest BCUT2D eigenvalue weighted by atomic mass is 10.0. The molecule has 0 amide bonds. The van der Waals surface area contributed by atoms with Crippen molar-refractivity contribution in [3.63, 3.8) is 0 Å².